The van der Waals surface area contributed by atoms with Gasteiger partial charge in [-0.3, -0.25) is 4.79 Å². The maximum Gasteiger partial charge on any atom is 0.248 e. The Morgan fingerprint density at radius 2 is 1.71 bits per heavy atom. The first-order valence-corrected chi connectivity index (χ1v) is 9.79. The second-order valence-electron chi connectivity index (χ2n) is 5.74. The van der Waals surface area contributed by atoms with Gasteiger partial charge in [-0.25, -0.2) is 17.5 Å². The van der Waals surface area contributed by atoms with Gasteiger partial charge in [0.25, 0.3) is 0 Å². The van der Waals surface area contributed by atoms with Gasteiger partial charge < -0.3 is 9.73 Å². The van der Waals surface area contributed by atoms with Crippen LogP contribution in [-0.4, -0.2) is 14.3 Å². The highest BCUT2D eigenvalue weighted by Gasteiger charge is 2.13. The normalized spacial score (nSPS) is 11.6. The Balaban J connectivity index is 1.57. The molecule has 144 valence electrons. The van der Waals surface area contributed by atoms with Gasteiger partial charge in [-0.05, 0) is 42.5 Å². The van der Waals surface area contributed by atoms with Gasteiger partial charge >= 0.3 is 0 Å². The molecule has 0 bridgehead atoms. The van der Waals surface area contributed by atoms with Crippen molar-refractivity contribution in [2.45, 2.75) is 11.4 Å². The highest BCUT2D eigenvalue weighted by atomic mass is 32.2. The molecule has 0 aliphatic heterocycles. The number of para-hydroxylation sites is 1. The Morgan fingerprint density at radius 1 is 1.00 bits per heavy atom. The molecule has 2 N–H and O–H groups in total. The summed E-state index contributed by atoms with van der Waals surface area (Å²) in [5.74, 6) is -0.311. The van der Waals surface area contributed by atoms with Crippen molar-refractivity contribution < 1.29 is 22.0 Å². The van der Waals surface area contributed by atoms with Gasteiger partial charge in [0.2, 0.25) is 15.9 Å². The van der Waals surface area contributed by atoms with Gasteiger partial charge in [-0.1, -0.05) is 30.3 Å². The number of carbonyl (C=O) groups excluding carboxylic acids is 1. The van der Waals surface area contributed by atoms with Crippen molar-refractivity contribution in [1.29, 1.82) is 0 Å². The molecule has 1 heterocycles. The van der Waals surface area contributed by atoms with E-state index in [1.54, 1.807) is 36.4 Å². The first-order chi connectivity index (χ1) is 13.4. The molecule has 0 aliphatic rings. The quantitative estimate of drug-likeness (QED) is 0.594. The number of anilines is 1. The number of hydrogen-bond acceptors (Lipinski definition) is 4. The van der Waals surface area contributed by atoms with Crippen LogP contribution in [0.2, 0.25) is 0 Å². The average molecular weight is 400 g/mol. The maximum atomic E-state index is 13.5. The molecular formula is C20H17FN2O4S. The highest BCUT2D eigenvalue weighted by molar-refractivity contribution is 7.89. The third kappa shape index (κ3) is 5.15. The number of hydrogen-bond donors (Lipinski definition) is 2. The summed E-state index contributed by atoms with van der Waals surface area (Å²) in [4.78, 5) is 12.0. The summed E-state index contributed by atoms with van der Waals surface area (Å²) in [7, 11) is -3.64. The van der Waals surface area contributed by atoms with E-state index in [0.717, 1.165) is 0 Å². The molecule has 3 aromatic rings. The van der Waals surface area contributed by atoms with Crippen molar-refractivity contribution >= 4 is 27.7 Å². The molecule has 8 heteroatoms. The molecule has 2 aromatic carbocycles. The van der Waals surface area contributed by atoms with Gasteiger partial charge in [0.1, 0.15) is 17.3 Å². The van der Waals surface area contributed by atoms with Crippen LogP contribution in [0.4, 0.5) is 10.1 Å². The molecule has 1 amide bonds. The number of rotatable bonds is 7. The van der Waals surface area contributed by atoms with Crippen LogP contribution >= 0.6 is 0 Å². The van der Waals surface area contributed by atoms with Gasteiger partial charge in [0, 0.05) is 6.08 Å². The summed E-state index contributed by atoms with van der Waals surface area (Å²) in [5.41, 5.74) is 0.0765. The van der Waals surface area contributed by atoms with Crippen molar-refractivity contribution in [2.24, 2.45) is 0 Å². The Kier molecular flexibility index (Phi) is 6.03. The van der Waals surface area contributed by atoms with Gasteiger partial charge in [0.15, 0.2) is 0 Å². The van der Waals surface area contributed by atoms with Crippen LogP contribution in [0.5, 0.6) is 0 Å². The molecule has 0 saturated carbocycles. The number of nitrogens with one attached hydrogen (secondary N) is 2. The molecule has 6 nitrogen and oxygen atoms in total. The van der Waals surface area contributed by atoms with Gasteiger partial charge in [0.05, 0.1) is 17.1 Å². The van der Waals surface area contributed by atoms with Crippen molar-refractivity contribution in [3.05, 3.63) is 90.1 Å². The van der Waals surface area contributed by atoms with E-state index in [-0.39, 0.29) is 17.1 Å². The zero-order chi connectivity index (χ0) is 20.0. The molecule has 0 spiro atoms. The van der Waals surface area contributed by atoms with Crippen LogP contribution < -0.4 is 10.0 Å². The van der Waals surface area contributed by atoms with E-state index in [9.17, 15) is 17.6 Å². The summed E-state index contributed by atoms with van der Waals surface area (Å²) in [6.45, 7) is -0.0352. The smallest absolute Gasteiger partial charge is 0.248 e. The Bertz CT molecular complexity index is 1090. The number of halogens is 1. The van der Waals surface area contributed by atoms with E-state index in [1.807, 2.05) is 0 Å². The fourth-order valence-corrected chi connectivity index (χ4v) is 3.34. The highest BCUT2D eigenvalue weighted by Crippen LogP contribution is 2.14. The van der Waals surface area contributed by atoms with Gasteiger partial charge in [-0.15, -0.1) is 0 Å². The molecule has 0 saturated heterocycles. The van der Waals surface area contributed by atoms with Crippen molar-refractivity contribution in [3.63, 3.8) is 0 Å². The fraction of sp³-hybridized carbons (Fsp3) is 0.0500. The summed E-state index contributed by atoms with van der Waals surface area (Å²) in [6.07, 6.45) is 2.61. The van der Waals surface area contributed by atoms with Crippen LogP contribution in [0.25, 0.3) is 6.08 Å². The van der Waals surface area contributed by atoms with Crippen LogP contribution in [0.15, 0.2) is 82.1 Å². The molecule has 0 unspecified atom stereocenters. The lowest BCUT2D eigenvalue weighted by Crippen LogP contribution is -2.22. The molecule has 0 aliphatic carbocycles. The lowest BCUT2D eigenvalue weighted by molar-refractivity contribution is -0.111. The predicted molar refractivity (Wildman–Crippen MR) is 103 cm³/mol. The predicted octanol–water partition coefficient (Wildman–Crippen LogP) is 3.55. The Morgan fingerprint density at radius 3 is 2.46 bits per heavy atom. The number of amides is 1. The lowest BCUT2D eigenvalue weighted by atomic mass is 10.3. The second kappa shape index (κ2) is 8.64. The topological polar surface area (TPSA) is 88.4 Å². The van der Waals surface area contributed by atoms with E-state index < -0.39 is 21.7 Å². The third-order valence-corrected chi connectivity index (χ3v) is 5.12. The van der Waals surface area contributed by atoms with E-state index in [1.165, 1.54) is 42.5 Å². The van der Waals surface area contributed by atoms with Crippen molar-refractivity contribution in [1.82, 2.24) is 4.72 Å². The SMILES string of the molecule is O=C(/C=C/c1ccc(CNS(=O)(=O)c2ccccc2)o1)Nc1ccccc1F. The molecule has 0 radical (unpaired) electrons. The summed E-state index contributed by atoms with van der Waals surface area (Å²) < 4.78 is 45.8. The molecule has 0 atom stereocenters. The monoisotopic (exact) mass is 400 g/mol. The minimum Gasteiger partial charge on any atom is -0.460 e. The molecule has 0 fully saturated rings. The first-order valence-electron chi connectivity index (χ1n) is 8.31. The Labute approximate surface area is 161 Å². The summed E-state index contributed by atoms with van der Waals surface area (Å²) in [5, 5.41) is 2.42. The third-order valence-electron chi connectivity index (χ3n) is 3.70. The summed E-state index contributed by atoms with van der Waals surface area (Å²) >= 11 is 0. The fourth-order valence-electron chi connectivity index (χ4n) is 2.32. The molecule has 28 heavy (non-hydrogen) atoms. The summed E-state index contributed by atoms with van der Waals surface area (Å²) in [6, 6.07) is 17.0. The molecular weight excluding hydrogens is 383 g/mol. The zero-order valence-corrected chi connectivity index (χ0v) is 15.4. The van der Waals surface area contributed by atoms with Crippen molar-refractivity contribution in [3.8, 4) is 0 Å². The van der Waals surface area contributed by atoms with E-state index >= 15 is 0 Å². The molecule has 3 rings (SSSR count). The van der Waals surface area contributed by atoms with Crippen LogP contribution in [0.1, 0.15) is 11.5 Å². The number of benzene rings is 2. The number of sulfonamides is 1. The van der Waals surface area contributed by atoms with Crippen LogP contribution in [0, 0.1) is 5.82 Å². The minimum atomic E-state index is -3.64. The van der Waals surface area contributed by atoms with Crippen LogP contribution in [0.3, 0.4) is 0 Å². The number of furan rings is 1. The standard InChI is InChI=1S/C20H17FN2O4S/c21-18-8-4-5-9-19(18)23-20(24)13-12-15-10-11-16(27-15)14-22-28(25,26)17-6-2-1-3-7-17/h1-13,22H,14H2,(H,23,24)/b13-12+. The number of carbonyl (C=O) groups is 1. The average Bonchev–Trinajstić information content (AvgIpc) is 3.15. The zero-order valence-electron chi connectivity index (χ0n) is 14.6. The van der Waals surface area contributed by atoms with E-state index in [2.05, 4.69) is 10.0 Å². The first kappa shape index (κ1) is 19.5. The lowest BCUT2D eigenvalue weighted by Gasteiger charge is -2.04. The van der Waals surface area contributed by atoms with Crippen LogP contribution in [-0.2, 0) is 21.4 Å². The minimum absolute atomic E-state index is 0.0352. The van der Waals surface area contributed by atoms with Crippen molar-refractivity contribution in [2.75, 3.05) is 5.32 Å². The van der Waals surface area contributed by atoms with E-state index in [0.29, 0.717) is 11.5 Å². The molecule has 1 aromatic heterocycles. The maximum absolute atomic E-state index is 13.5. The Hall–Kier alpha value is -3.23. The van der Waals surface area contributed by atoms with Gasteiger partial charge in [-0.2, -0.15) is 0 Å². The largest absolute Gasteiger partial charge is 0.460 e. The second-order valence-corrected chi connectivity index (χ2v) is 7.51. The van der Waals surface area contributed by atoms with E-state index in [4.69, 9.17) is 4.42 Å².